The molecule has 0 fully saturated rings. The van der Waals surface area contributed by atoms with E-state index in [4.69, 9.17) is 5.73 Å². The summed E-state index contributed by atoms with van der Waals surface area (Å²) in [6.07, 6.45) is 0. The molecule has 0 unspecified atom stereocenters. The fourth-order valence-electron chi connectivity index (χ4n) is 1.85. The SMILES string of the molecule is CN(C)CCNc1n[nH]c(N)c1S(=O)(=O)c1ccccc1. The maximum atomic E-state index is 12.6. The van der Waals surface area contributed by atoms with Crippen LogP contribution >= 0.6 is 0 Å². The summed E-state index contributed by atoms with van der Waals surface area (Å²) in [6, 6.07) is 8.16. The Labute approximate surface area is 124 Å². The molecule has 4 N–H and O–H groups in total. The first-order chi connectivity index (χ1) is 9.93. The van der Waals surface area contributed by atoms with E-state index < -0.39 is 9.84 Å². The van der Waals surface area contributed by atoms with Crippen LogP contribution in [0, 0.1) is 0 Å². The van der Waals surface area contributed by atoms with Gasteiger partial charge in [0, 0.05) is 13.1 Å². The predicted octanol–water partition coefficient (Wildman–Crippen LogP) is 0.798. The molecule has 21 heavy (non-hydrogen) atoms. The number of nitrogen functional groups attached to an aromatic ring is 1. The van der Waals surface area contributed by atoms with Gasteiger partial charge in [0.2, 0.25) is 9.84 Å². The molecule has 0 amide bonds. The van der Waals surface area contributed by atoms with Crippen LogP contribution < -0.4 is 11.1 Å². The van der Waals surface area contributed by atoms with Gasteiger partial charge in [-0.2, -0.15) is 5.10 Å². The van der Waals surface area contributed by atoms with E-state index in [0.717, 1.165) is 6.54 Å². The van der Waals surface area contributed by atoms with Crippen LogP contribution in [0.3, 0.4) is 0 Å². The van der Waals surface area contributed by atoms with Gasteiger partial charge in [-0.3, -0.25) is 5.10 Å². The van der Waals surface area contributed by atoms with Gasteiger partial charge < -0.3 is 16.0 Å². The largest absolute Gasteiger partial charge is 0.383 e. The minimum atomic E-state index is -3.70. The lowest BCUT2D eigenvalue weighted by atomic mass is 10.4. The fraction of sp³-hybridized carbons (Fsp3) is 0.308. The van der Waals surface area contributed by atoms with Gasteiger partial charge >= 0.3 is 0 Å². The summed E-state index contributed by atoms with van der Waals surface area (Å²) in [7, 11) is 0.163. The molecular weight excluding hydrogens is 290 g/mol. The number of H-pyrrole nitrogens is 1. The van der Waals surface area contributed by atoms with E-state index in [1.807, 2.05) is 19.0 Å². The average Bonchev–Trinajstić information content (AvgIpc) is 2.81. The van der Waals surface area contributed by atoms with Gasteiger partial charge in [0.15, 0.2) is 10.7 Å². The monoisotopic (exact) mass is 309 g/mol. The van der Waals surface area contributed by atoms with Crippen molar-refractivity contribution in [1.82, 2.24) is 15.1 Å². The zero-order valence-corrected chi connectivity index (χ0v) is 12.8. The standard InChI is InChI=1S/C13H19N5O2S/c1-18(2)9-8-15-13-11(12(14)16-17-13)21(19,20)10-6-4-3-5-7-10/h3-7H,8-9H2,1-2H3,(H4,14,15,16,17). The van der Waals surface area contributed by atoms with E-state index in [2.05, 4.69) is 15.5 Å². The molecular formula is C13H19N5O2S. The van der Waals surface area contributed by atoms with Crippen molar-refractivity contribution in [3.63, 3.8) is 0 Å². The molecule has 0 bridgehead atoms. The topological polar surface area (TPSA) is 104 Å². The maximum absolute atomic E-state index is 12.6. The van der Waals surface area contributed by atoms with Crippen LogP contribution in [-0.2, 0) is 9.84 Å². The van der Waals surface area contributed by atoms with Crippen molar-refractivity contribution in [3.8, 4) is 0 Å². The lowest BCUT2D eigenvalue weighted by Gasteiger charge is -2.11. The van der Waals surface area contributed by atoms with Gasteiger partial charge in [0.25, 0.3) is 0 Å². The smallest absolute Gasteiger partial charge is 0.213 e. The van der Waals surface area contributed by atoms with Gasteiger partial charge in [0.05, 0.1) is 4.90 Å². The van der Waals surface area contributed by atoms with Crippen molar-refractivity contribution in [2.45, 2.75) is 9.79 Å². The van der Waals surface area contributed by atoms with E-state index in [1.165, 1.54) is 12.1 Å². The van der Waals surface area contributed by atoms with Gasteiger partial charge in [-0.25, -0.2) is 8.42 Å². The predicted molar refractivity (Wildman–Crippen MR) is 81.9 cm³/mol. The fourth-order valence-corrected chi connectivity index (χ4v) is 3.31. The number of aromatic nitrogens is 2. The van der Waals surface area contributed by atoms with E-state index in [-0.39, 0.29) is 21.4 Å². The molecule has 0 aliphatic heterocycles. The Hall–Kier alpha value is -2.06. The highest BCUT2D eigenvalue weighted by Gasteiger charge is 2.27. The number of aromatic amines is 1. The van der Waals surface area contributed by atoms with E-state index in [0.29, 0.717) is 6.54 Å². The summed E-state index contributed by atoms with van der Waals surface area (Å²) in [5, 5.41) is 9.47. The molecule has 2 rings (SSSR count). The van der Waals surface area contributed by atoms with Crippen molar-refractivity contribution < 1.29 is 8.42 Å². The molecule has 0 aliphatic carbocycles. The van der Waals surface area contributed by atoms with E-state index in [9.17, 15) is 8.42 Å². The van der Waals surface area contributed by atoms with Crippen molar-refractivity contribution in [3.05, 3.63) is 30.3 Å². The number of sulfone groups is 1. The molecule has 1 aromatic carbocycles. The molecule has 0 saturated heterocycles. The molecule has 1 heterocycles. The number of nitrogens with one attached hydrogen (secondary N) is 2. The highest BCUT2D eigenvalue weighted by molar-refractivity contribution is 7.91. The molecule has 7 nitrogen and oxygen atoms in total. The third-order valence-corrected chi connectivity index (χ3v) is 4.77. The van der Waals surface area contributed by atoms with E-state index in [1.54, 1.807) is 18.2 Å². The number of likely N-dealkylation sites (N-methyl/N-ethyl adjacent to an activating group) is 1. The lowest BCUT2D eigenvalue weighted by Crippen LogP contribution is -2.21. The Kier molecular flexibility index (Phi) is 4.49. The first-order valence-corrected chi connectivity index (χ1v) is 7.94. The second-order valence-corrected chi connectivity index (χ2v) is 6.75. The van der Waals surface area contributed by atoms with Crippen molar-refractivity contribution in [1.29, 1.82) is 0 Å². The number of nitrogens with two attached hydrogens (primary N) is 1. The van der Waals surface area contributed by atoms with Crippen LogP contribution in [0.4, 0.5) is 11.6 Å². The van der Waals surface area contributed by atoms with Gasteiger partial charge in [-0.1, -0.05) is 18.2 Å². The van der Waals surface area contributed by atoms with Gasteiger partial charge in [-0.15, -0.1) is 0 Å². The molecule has 0 atom stereocenters. The van der Waals surface area contributed by atoms with Crippen LogP contribution in [0.1, 0.15) is 0 Å². The zero-order valence-electron chi connectivity index (χ0n) is 12.0. The summed E-state index contributed by atoms with van der Waals surface area (Å²) in [6.45, 7) is 1.31. The minimum Gasteiger partial charge on any atom is -0.383 e. The highest BCUT2D eigenvalue weighted by atomic mass is 32.2. The number of nitrogens with zero attached hydrogens (tertiary/aromatic N) is 2. The van der Waals surface area contributed by atoms with Crippen LogP contribution in [0.2, 0.25) is 0 Å². The van der Waals surface area contributed by atoms with Crippen LogP contribution in [0.5, 0.6) is 0 Å². The maximum Gasteiger partial charge on any atom is 0.213 e. The quantitative estimate of drug-likeness (QED) is 0.729. The lowest BCUT2D eigenvalue weighted by molar-refractivity contribution is 0.425. The number of hydrogen-bond donors (Lipinski definition) is 3. The Morgan fingerprint density at radius 1 is 1.29 bits per heavy atom. The van der Waals surface area contributed by atoms with Crippen LogP contribution in [-0.4, -0.2) is 50.7 Å². The highest BCUT2D eigenvalue weighted by Crippen LogP contribution is 2.30. The number of anilines is 2. The normalized spacial score (nSPS) is 11.8. The minimum absolute atomic E-state index is 0.00699. The van der Waals surface area contributed by atoms with Crippen molar-refractivity contribution in [2.75, 3.05) is 38.2 Å². The van der Waals surface area contributed by atoms with Crippen molar-refractivity contribution >= 4 is 21.5 Å². The molecule has 0 radical (unpaired) electrons. The Morgan fingerprint density at radius 3 is 2.57 bits per heavy atom. The summed E-state index contributed by atoms with van der Waals surface area (Å²) in [5.41, 5.74) is 5.75. The first-order valence-electron chi connectivity index (χ1n) is 6.45. The molecule has 0 saturated carbocycles. The van der Waals surface area contributed by atoms with Crippen molar-refractivity contribution in [2.24, 2.45) is 0 Å². The Bertz CT molecular complexity index is 695. The van der Waals surface area contributed by atoms with Crippen LogP contribution in [0.15, 0.2) is 40.1 Å². The summed E-state index contributed by atoms with van der Waals surface area (Å²) in [4.78, 5) is 2.16. The molecule has 2 aromatic rings. The van der Waals surface area contributed by atoms with Crippen LogP contribution in [0.25, 0.3) is 0 Å². The third kappa shape index (κ3) is 3.34. The molecule has 0 aliphatic rings. The number of rotatable bonds is 6. The molecule has 1 aromatic heterocycles. The summed E-state index contributed by atoms with van der Waals surface area (Å²) < 4.78 is 25.3. The Balaban J connectivity index is 2.33. The van der Waals surface area contributed by atoms with E-state index >= 15 is 0 Å². The molecule has 0 spiro atoms. The van der Waals surface area contributed by atoms with Gasteiger partial charge in [0.1, 0.15) is 5.82 Å². The first kappa shape index (κ1) is 15.3. The Morgan fingerprint density at radius 2 is 1.95 bits per heavy atom. The zero-order chi connectivity index (χ0) is 15.5. The van der Waals surface area contributed by atoms with Gasteiger partial charge in [-0.05, 0) is 26.2 Å². The number of hydrogen-bond acceptors (Lipinski definition) is 6. The summed E-state index contributed by atoms with van der Waals surface area (Å²) >= 11 is 0. The second-order valence-electron chi connectivity index (χ2n) is 4.86. The third-order valence-electron chi connectivity index (χ3n) is 2.92. The summed E-state index contributed by atoms with van der Waals surface area (Å²) in [5.74, 6) is 0.282. The average molecular weight is 309 g/mol. The second kappa shape index (κ2) is 6.15. The molecule has 114 valence electrons. The number of benzene rings is 1. The molecule has 8 heteroatoms.